The second-order valence-corrected chi connectivity index (χ2v) is 8.11. The van der Waals surface area contributed by atoms with Gasteiger partial charge in [-0.1, -0.05) is 24.3 Å². The van der Waals surface area contributed by atoms with Crippen LogP contribution in [0.15, 0.2) is 77.7 Å². The molecule has 0 spiro atoms. The molecule has 0 aliphatic carbocycles. The lowest BCUT2D eigenvalue weighted by molar-refractivity contribution is 0.0950. The van der Waals surface area contributed by atoms with E-state index < -0.39 is 0 Å². The number of nitrogens with one attached hydrogen (secondary N) is 2. The number of aromatic nitrogens is 2. The predicted molar refractivity (Wildman–Crippen MR) is 133 cm³/mol. The van der Waals surface area contributed by atoms with Crippen LogP contribution in [0.1, 0.15) is 32.7 Å². The first-order chi connectivity index (χ1) is 16.4. The molecule has 0 aliphatic heterocycles. The zero-order valence-electron chi connectivity index (χ0n) is 19.1. The summed E-state index contributed by atoms with van der Waals surface area (Å²) in [5, 5.41) is 2.82. The quantitative estimate of drug-likeness (QED) is 0.389. The number of hydrogen-bond donors (Lipinski definition) is 3. The Morgan fingerprint density at radius 2 is 1.82 bits per heavy atom. The zero-order valence-corrected chi connectivity index (χ0v) is 19.1. The highest BCUT2D eigenvalue weighted by Gasteiger charge is 2.10. The van der Waals surface area contributed by atoms with Crippen LogP contribution in [-0.2, 0) is 13.2 Å². The van der Waals surface area contributed by atoms with E-state index in [2.05, 4.69) is 15.3 Å². The zero-order chi connectivity index (χ0) is 24.1. The molecule has 4 rings (SSSR count). The first-order valence-electron chi connectivity index (χ1n) is 10.9. The molecular weight excluding hydrogens is 428 g/mol. The van der Waals surface area contributed by atoms with E-state index in [0.717, 1.165) is 33.7 Å². The molecule has 172 valence electrons. The van der Waals surface area contributed by atoms with Crippen LogP contribution in [-0.4, -0.2) is 15.9 Å². The molecule has 7 nitrogen and oxygen atoms in total. The van der Waals surface area contributed by atoms with Gasteiger partial charge in [-0.2, -0.15) is 0 Å². The molecule has 0 unspecified atom stereocenters. The van der Waals surface area contributed by atoms with E-state index in [9.17, 15) is 9.59 Å². The number of H-pyrrole nitrogens is 1. The van der Waals surface area contributed by atoms with Gasteiger partial charge in [-0.25, -0.2) is 4.98 Å². The summed E-state index contributed by atoms with van der Waals surface area (Å²) < 4.78 is 5.94. The van der Waals surface area contributed by atoms with Crippen molar-refractivity contribution < 1.29 is 9.53 Å². The Bertz CT molecular complexity index is 1360. The first-order valence-corrected chi connectivity index (χ1v) is 10.9. The van der Waals surface area contributed by atoms with Crippen molar-refractivity contribution in [2.45, 2.75) is 27.0 Å². The van der Waals surface area contributed by atoms with Crippen molar-refractivity contribution in [1.29, 1.82) is 0 Å². The van der Waals surface area contributed by atoms with E-state index in [0.29, 0.717) is 23.6 Å². The number of carbonyl (C=O) groups excluding carboxylic acids is 1. The number of anilines is 1. The topological polar surface area (TPSA) is 110 Å². The van der Waals surface area contributed by atoms with Gasteiger partial charge in [0.1, 0.15) is 18.2 Å². The summed E-state index contributed by atoms with van der Waals surface area (Å²) in [6, 6.07) is 20.5. The Morgan fingerprint density at radius 3 is 2.53 bits per heavy atom. The van der Waals surface area contributed by atoms with Gasteiger partial charge in [0.05, 0.1) is 0 Å². The minimum Gasteiger partial charge on any atom is -0.489 e. The van der Waals surface area contributed by atoms with E-state index in [1.807, 2.05) is 62.4 Å². The highest BCUT2D eigenvalue weighted by molar-refractivity contribution is 5.94. The number of rotatable bonds is 7. The standard InChI is InChI=1S/C27H26N4O3/c1-17-12-18(2)31-27(33)24(17)15-30-26(32)20-8-6-19(7-9-20)16-34-23-5-3-4-21(13-23)22-10-11-25(28)29-14-22/h3-14H,15-16H2,1-2H3,(H2,28,29)(H,30,32)(H,31,33). The van der Waals surface area contributed by atoms with E-state index >= 15 is 0 Å². The fourth-order valence-corrected chi connectivity index (χ4v) is 3.63. The van der Waals surface area contributed by atoms with E-state index in [1.54, 1.807) is 24.4 Å². The monoisotopic (exact) mass is 454 g/mol. The van der Waals surface area contributed by atoms with Gasteiger partial charge in [0, 0.05) is 35.1 Å². The Labute approximate surface area is 197 Å². The van der Waals surface area contributed by atoms with Crippen molar-refractivity contribution in [2.24, 2.45) is 0 Å². The number of amides is 1. The molecule has 4 aromatic rings. The molecule has 2 heterocycles. The second kappa shape index (κ2) is 10.0. The molecule has 0 saturated carbocycles. The fourth-order valence-electron chi connectivity index (χ4n) is 3.63. The summed E-state index contributed by atoms with van der Waals surface area (Å²) in [6.45, 7) is 4.23. The number of nitrogens with zero attached hydrogens (tertiary/aromatic N) is 1. The fraction of sp³-hybridized carbons (Fsp3) is 0.148. The minimum absolute atomic E-state index is 0.172. The molecule has 4 N–H and O–H groups in total. The minimum atomic E-state index is -0.239. The summed E-state index contributed by atoms with van der Waals surface area (Å²) in [7, 11) is 0. The lowest BCUT2D eigenvalue weighted by atomic mass is 10.1. The van der Waals surface area contributed by atoms with Crippen LogP contribution in [0, 0.1) is 13.8 Å². The van der Waals surface area contributed by atoms with Crippen LogP contribution < -0.4 is 21.3 Å². The molecule has 0 bridgehead atoms. The number of hydrogen-bond acceptors (Lipinski definition) is 5. The maximum Gasteiger partial charge on any atom is 0.253 e. The third kappa shape index (κ3) is 5.50. The van der Waals surface area contributed by atoms with E-state index in [4.69, 9.17) is 10.5 Å². The van der Waals surface area contributed by atoms with Gasteiger partial charge in [-0.3, -0.25) is 9.59 Å². The Kier molecular flexibility index (Phi) is 6.73. The number of aryl methyl sites for hydroxylation is 2. The summed E-state index contributed by atoms with van der Waals surface area (Å²) in [5.41, 5.74) is 11.1. The van der Waals surface area contributed by atoms with Crippen molar-refractivity contribution >= 4 is 11.7 Å². The number of aromatic amines is 1. The lowest BCUT2D eigenvalue weighted by Gasteiger charge is -2.10. The number of pyridine rings is 2. The van der Waals surface area contributed by atoms with Crippen LogP contribution in [0.2, 0.25) is 0 Å². The molecule has 0 saturated heterocycles. The van der Waals surface area contributed by atoms with Gasteiger partial charge in [0.25, 0.3) is 11.5 Å². The third-order valence-electron chi connectivity index (χ3n) is 5.49. The van der Waals surface area contributed by atoms with Gasteiger partial charge >= 0.3 is 0 Å². The van der Waals surface area contributed by atoms with Crippen molar-refractivity contribution in [1.82, 2.24) is 15.3 Å². The molecule has 2 aromatic heterocycles. The van der Waals surface area contributed by atoms with Crippen molar-refractivity contribution in [2.75, 3.05) is 5.73 Å². The number of carbonyl (C=O) groups is 1. The van der Waals surface area contributed by atoms with Gasteiger partial charge in [0.15, 0.2) is 0 Å². The maximum absolute atomic E-state index is 12.5. The van der Waals surface area contributed by atoms with Gasteiger partial charge in [-0.15, -0.1) is 0 Å². The molecule has 34 heavy (non-hydrogen) atoms. The number of benzene rings is 2. The second-order valence-electron chi connectivity index (χ2n) is 8.11. The van der Waals surface area contributed by atoms with Crippen LogP contribution in [0.5, 0.6) is 5.75 Å². The van der Waals surface area contributed by atoms with Crippen LogP contribution in [0.4, 0.5) is 5.82 Å². The average molecular weight is 455 g/mol. The lowest BCUT2D eigenvalue weighted by Crippen LogP contribution is -2.27. The van der Waals surface area contributed by atoms with Gasteiger partial charge in [-0.05, 0) is 73.0 Å². The largest absolute Gasteiger partial charge is 0.489 e. The highest BCUT2D eigenvalue weighted by Crippen LogP contribution is 2.24. The molecule has 0 aliphatic rings. The number of nitrogens with two attached hydrogens (primary N) is 1. The van der Waals surface area contributed by atoms with Gasteiger partial charge in [0.2, 0.25) is 0 Å². The summed E-state index contributed by atoms with van der Waals surface area (Å²) in [5.74, 6) is 0.971. The summed E-state index contributed by atoms with van der Waals surface area (Å²) >= 11 is 0. The van der Waals surface area contributed by atoms with Gasteiger partial charge < -0.3 is 20.8 Å². The number of nitrogen functional groups attached to an aromatic ring is 1. The molecule has 1 amide bonds. The Hall–Kier alpha value is -4.39. The van der Waals surface area contributed by atoms with E-state index in [1.165, 1.54) is 0 Å². The number of ether oxygens (including phenoxy) is 1. The molecular formula is C27H26N4O3. The summed E-state index contributed by atoms with van der Waals surface area (Å²) in [6.07, 6.45) is 1.73. The molecule has 7 heteroatoms. The summed E-state index contributed by atoms with van der Waals surface area (Å²) in [4.78, 5) is 31.5. The van der Waals surface area contributed by atoms with Crippen LogP contribution >= 0.6 is 0 Å². The highest BCUT2D eigenvalue weighted by atomic mass is 16.5. The molecule has 0 radical (unpaired) electrons. The molecule has 0 atom stereocenters. The SMILES string of the molecule is Cc1cc(C)c(CNC(=O)c2ccc(COc3cccc(-c4ccc(N)nc4)c3)cc2)c(=O)[nH]1. The Balaban J connectivity index is 1.35. The molecule has 2 aromatic carbocycles. The Morgan fingerprint density at radius 1 is 1.03 bits per heavy atom. The van der Waals surface area contributed by atoms with E-state index in [-0.39, 0.29) is 18.0 Å². The maximum atomic E-state index is 12.5. The van der Waals surface area contributed by atoms with Crippen LogP contribution in [0.25, 0.3) is 11.1 Å². The van der Waals surface area contributed by atoms with Crippen molar-refractivity contribution in [3.05, 3.63) is 111 Å². The first kappa shape index (κ1) is 22.8. The normalized spacial score (nSPS) is 10.6. The molecule has 0 fully saturated rings. The average Bonchev–Trinajstić information content (AvgIpc) is 2.83. The van der Waals surface area contributed by atoms with Crippen molar-refractivity contribution in [3.8, 4) is 16.9 Å². The third-order valence-corrected chi connectivity index (χ3v) is 5.49. The van der Waals surface area contributed by atoms with Crippen LogP contribution in [0.3, 0.4) is 0 Å². The predicted octanol–water partition coefficient (Wildman–Crippen LogP) is 4.14. The smallest absolute Gasteiger partial charge is 0.253 e. The van der Waals surface area contributed by atoms with Crippen molar-refractivity contribution in [3.63, 3.8) is 0 Å².